The van der Waals surface area contributed by atoms with Crippen LogP contribution in [0.15, 0.2) is 79.1 Å². The number of amides is 1. The molecule has 206 valence electrons. The van der Waals surface area contributed by atoms with E-state index in [2.05, 4.69) is 42.8 Å². The monoisotopic (exact) mass is 545 g/mol. The second kappa shape index (κ2) is 10.5. The van der Waals surface area contributed by atoms with Gasteiger partial charge >= 0.3 is 0 Å². The Morgan fingerprint density at radius 1 is 1.12 bits per heavy atom. The van der Waals surface area contributed by atoms with Crippen LogP contribution in [0.2, 0.25) is 0 Å². The summed E-state index contributed by atoms with van der Waals surface area (Å²) in [4.78, 5) is 28.2. The van der Waals surface area contributed by atoms with Crippen molar-refractivity contribution in [3.05, 3.63) is 90.4 Å². The molecule has 0 bridgehead atoms. The van der Waals surface area contributed by atoms with E-state index in [-0.39, 0.29) is 5.91 Å². The van der Waals surface area contributed by atoms with Gasteiger partial charge in [-0.05, 0) is 68.0 Å². The summed E-state index contributed by atoms with van der Waals surface area (Å²) in [7, 11) is 5.83. The van der Waals surface area contributed by atoms with Gasteiger partial charge in [0.25, 0.3) is 5.91 Å². The summed E-state index contributed by atoms with van der Waals surface area (Å²) in [6.45, 7) is 6.92. The van der Waals surface area contributed by atoms with Crippen LogP contribution in [0.3, 0.4) is 0 Å². The number of fused-ring (bicyclic) bond motifs is 2. The number of aromatic nitrogens is 4. The van der Waals surface area contributed by atoms with E-state index >= 15 is 0 Å². The molecule has 0 saturated heterocycles. The summed E-state index contributed by atoms with van der Waals surface area (Å²) in [5.74, 6) is 1.86. The standard InChI is InChI=1S/C32H31N7O2/c1-19(17-38(3)4)32(40)37-23-11-9-21(10-12-23)29-27-25-14-13-24(41-26-8-6-7-20(2)36-26)15-22(25)16-33-30-28(27)31(39(29)5)35-18-34-30/h6-15,18H,1,16-17H2,2-5H3,(H,37,40)(H,33,34,35). The summed E-state index contributed by atoms with van der Waals surface area (Å²) in [6.07, 6.45) is 1.59. The Hall–Kier alpha value is -5.02. The van der Waals surface area contributed by atoms with Crippen molar-refractivity contribution in [3.63, 3.8) is 0 Å². The third kappa shape index (κ3) is 5.03. The largest absolute Gasteiger partial charge is 0.439 e. The fraction of sp³-hybridized carbons (Fsp3) is 0.188. The summed E-state index contributed by atoms with van der Waals surface area (Å²) < 4.78 is 8.20. The molecule has 0 atom stereocenters. The highest BCUT2D eigenvalue weighted by Crippen LogP contribution is 2.46. The SMILES string of the molecule is C=C(CN(C)C)C(=O)Nc1ccc(-c2c3c4c(ncnc4n2C)NCc2cc(Oc4cccc(C)n4)ccc2-3)cc1. The number of aryl methyl sites for hydroxylation is 2. The van der Waals surface area contributed by atoms with Gasteiger partial charge in [-0.25, -0.2) is 15.0 Å². The van der Waals surface area contributed by atoms with Crippen molar-refractivity contribution in [2.24, 2.45) is 7.05 Å². The Bertz CT molecular complexity index is 1810. The summed E-state index contributed by atoms with van der Waals surface area (Å²) >= 11 is 0. The Morgan fingerprint density at radius 2 is 1.93 bits per heavy atom. The number of rotatable bonds is 7. The van der Waals surface area contributed by atoms with Crippen LogP contribution in [0.25, 0.3) is 33.4 Å². The lowest BCUT2D eigenvalue weighted by Crippen LogP contribution is -2.23. The fourth-order valence-electron chi connectivity index (χ4n) is 5.27. The smallest absolute Gasteiger partial charge is 0.252 e. The average Bonchev–Trinajstić information content (AvgIpc) is 3.14. The predicted octanol–water partition coefficient (Wildman–Crippen LogP) is 5.78. The van der Waals surface area contributed by atoms with Crippen molar-refractivity contribution < 1.29 is 9.53 Å². The number of nitrogens with one attached hydrogen (secondary N) is 2. The second-order valence-corrected chi connectivity index (χ2v) is 10.5. The maximum atomic E-state index is 12.6. The first-order chi connectivity index (χ1) is 19.8. The second-order valence-electron chi connectivity index (χ2n) is 10.5. The Morgan fingerprint density at radius 3 is 2.68 bits per heavy atom. The van der Waals surface area contributed by atoms with Gasteiger partial charge in [0, 0.05) is 48.7 Å². The number of hydrogen-bond acceptors (Lipinski definition) is 7. The van der Waals surface area contributed by atoms with Gasteiger partial charge in [-0.15, -0.1) is 0 Å². The summed E-state index contributed by atoms with van der Waals surface area (Å²) in [5.41, 5.74) is 8.15. The summed E-state index contributed by atoms with van der Waals surface area (Å²) in [6, 6.07) is 19.7. The topological polar surface area (TPSA) is 97.2 Å². The molecule has 41 heavy (non-hydrogen) atoms. The maximum Gasteiger partial charge on any atom is 0.252 e. The van der Waals surface area contributed by atoms with Gasteiger partial charge in [0.15, 0.2) is 0 Å². The number of pyridine rings is 1. The van der Waals surface area contributed by atoms with Crippen molar-refractivity contribution in [2.75, 3.05) is 31.3 Å². The van der Waals surface area contributed by atoms with Gasteiger partial charge < -0.3 is 24.8 Å². The zero-order valence-corrected chi connectivity index (χ0v) is 23.5. The van der Waals surface area contributed by atoms with E-state index in [9.17, 15) is 4.79 Å². The highest BCUT2D eigenvalue weighted by Gasteiger charge is 2.26. The molecule has 0 fully saturated rings. The van der Waals surface area contributed by atoms with Gasteiger partial charge in [0.2, 0.25) is 5.88 Å². The number of benzene rings is 2. The summed E-state index contributed by atoms with van der Waals surface area (Å²) in [5, 5.41) is 7.41. The molecule has 5 aromatic rings. The molecule has 9 heteroatoms. The number of anilines is 2. The maximum absolute atomic E-state index is 12.6. The molecule has 4 heterocycles. The molecule has 1 aliphatic rings. The molecule has 0 unspecified atom stereocenters. The third-order valence-corrected chi connectivity index (χ3v) is 7.09. The van der Waals surface area contributed by atoms with Crippen LogP contribution in [0.1, 0.15) is 11.3 Å². The molecule has 6 rings (SSSR count). The molecule has 0 radical (unpaired) electrons. The van der Waals surface area contributed by atoms with E-state index in [0.29, 0.717) is 36.0 Å². The molecule has 0 spiro atoms. The van der Waals surface area contributed by atoms with Crippen molar-refractivity contribution in [1.29, 1.82) is 0 Å². The van der Waals surface area contributed by atoms with E-state index < -0.39 is 0 Å². The van der Waals surface area contributed by atoms with Crippen LogP contribution >= 0.6 is 0 Å². The molecule has 0 aliphatic carbocycles. The number of carbonyl (C=O) groups excluding carboxylic acids is 1. The molecule has 1 aliphatic heterocycles. The molecule has 1 amide bonds. The highest BCUT2D eigenvalue weighted by molar-refractivity contribution is 6.09. The zero-order chi connectivity index (χ0) is 28.7. The normalized spacial score (nSPS) is 12.0. The Labute approximate surface area is 238 Å². The number of likely N-dealkylation sites (N-methyl/N-ethyl adjacent to an activating group) is 1. The van der Waals surface area contributed by atoms with E-state index in [1.165, 1.54) is 0 Å². The number of nitrogens with zero attached hydrogens (tertiary/aromatic N) is 5. The lowest BCUT2D eigenvalue weighted by atomic mass is 9.95. The van der Waals surface area contributed by atoms with Crippen molar-refractivity contribution in [2.45, 2.75) is 13.5 Å². The van der Waals surface area contributed by atoms with Crippen molar-refractivity contribution >= 4 is 28.4 Å². The van der Waals surface area contributed by atoms with Crippen LogP contribution in [0.5, 0.6) is 11.6 Å². The molecule has 2 N–H and O–H groups in total. The molecular weight excluding hydrogens is 514 g/mol. The Kier molecular flexibility index (Phi) is 6.72. The van der Waals surface area contributed by atoms with E-state index in [0.717, 1.165) is 50.5 Å². The molecule has 3 aromatic heterocycles. The minimum atomic E-state index is -0.193. The van der Waals surface area contributed by atoms with Crippen LogP contribution in [-0.4, -0.2) is 51.0 Å². The highest BCUT2D eigenvalue weighted by atomic mass is 16.5. The number of hydrogen-bond donors (Lipinski definition) is 2. The predicted molar refractivity (Wildman–Crippen MR) is 162 cm³/mol. The molecule has 9 nitrogen and oxygen atoms in total. The van der Waals surface area contributed by atoms with E-state index in [1.54, 1.807) is 6.33 Å². The van der Waals surface area contributed by atoms with Crippen molar-refractivity contribution in [3.8, 4) is 34.0 Å². The Balaban J connectivity index is 1.40. The average molecular weight is 546 g/mol. The van der Waals surface area contributed by atoms with Gasteiger partial charge in [-0.2, -0.15) is 0 Å². The minimum Gasteiger partial charge on any atom is -0.439 e. The fourth-order valence-corrected chi connectivity index (χ4v) is 5.27. The first-order valence-corrected chi connectivity index (χ1v) is 13.3. The van der Waals surface area contributed by atoms with Crippen LogP contribution in [0.4, 0.5) is 11.5 Å². The minimum absolute atomic E-state index is 0.193. The third-order valence-electron chi connectivity index (χ3n) is 7.09. The molecular formula is C32H31N7O2. The zero-order valence-electron chi connectivity index (χ0n) is 23.5. The van der Waals surface area contributed by atoms with E-state index in [1.807, 2.05) is 87.6 Å². The van der Waals surface area contributed by atoms with Crippen LogP contribution in [-0.2, 0) is 18.4 Å². The quantitative estimate of drug-likeness (QED) is 0.250. The number of carbonyl (C=O) groups is 1. The van der Waals surface area contributed by atoms with E-state index in [4.69, 9.17) is 4.74 Å². The molecule has 2 aromatic carbocycles. The lowest BCUT2D eigenvalue weighted by Gasteiger charge is -2.14. The first-order valence-electron chi connectivity index (χ1n) is 13.3. The van der Waals surface area contributed by atoms with Gasteiger partial charge in [0.05, 0.1) is 11.1 Å². The van der Waals surface area contributed by atoms with Gasteiger partial charge in [-0.1, -0.05) is 30.8 Å². The van der Waals surface area contributed by atoms with Gasteiger partial charge in [-0.3, -0.25) is 4.79 Å². The van der Waals surface area contributed by atoms with Gasteiger partial charge in [0.1, 0.15) is 23.5 Å². The first kappa shape index (κ1) is 26.2. The number of ether oxygens (including phenoxy) is 1. The molecule has 0 saturated carbocycles. The van der Waals surface area contributed by atoms with Crippen LogP contribution in [0, 0.1) is 6.92 Å². The van der Waals surface area contributed by atoms with Crippen molar-refractivity contribution in [1.82, 2.24) is 24.4 Å². The van der Waals surface area contributed by atoms with Crippen LogP contribution < -0.4 is 15.4 Å². The lowest BCUT2D eigenvalue weighted by molar-refractivity contribution is -0.113.